The molecular weight excluding hydrogens is 375 g/mol. The van der Waals surface area contributed by atoms with Crippen LogP contribution in [0.5, 0.6) is 0 Å². The highest BCUT2D eigenvalue weighted by molar-refractivity contribution is 5.95. The third-order valence-corrected chi connectivity index (χ3v) is 7.75. The summed E-state index contributed by atoms with van der Waals surface area (Å²) in [6, 6.07) is 9.04. The standard InChI is InChI=1S/C27H35FO2/c1-3-4-5-6-18-7-8-20-14-22(11-9-19(20)13-18)25-16-21-10-12-23(27(29)30-2)15-24(21)17-26(25)28/h10,12,15-20,22H,3-9,11,13-14H2,1-2H3. The van der Waals surface area contributed by atoms with E-state index in [1.54, 1.807) is 18.2 Å². The second-order valence-electron chi connectivity index (χ2n) is 9.63. The van der Waals surface area contributed by atoms with Crippen LogP contribution in [0.2, 0.25) is 0 Å². The fourth-order valence-electron chi connectivity index (χ4n) is 6.06. The van der Waals surface area contributed by atoms with Crippen molar-refractivity contribution in [2.24, 2.45) is 17.8 Å². The molecular formula is C27H35FO2. The highest BCUT2D eigenvalue weighted by atomic mass is 19.1. The van der Waals surface area contributed by atoms with Crippen LogP contribution in [0, 0.1) is 23.6 Å². The summed E-state index contributed by atoms with van der Waals surface area (Å²) in [5.41, 5.74) is 1.34. The number of hydrogen-bond acceptors (Lipinski definition) is 2. The van der Waals surface area contributed by atoms with Crippen molar-refractivity contribution < 1.29 is 13.9 Å². The van der Waals surface area contributed by atoms with Crippen LogP contribution in [0.3, 0.4) is 0 Å². The molecule has 0 aliphatic heterocycles. The van der Waals surface area contributed by atoms with Gasteiger partial charge in [-0.15, -0.1) is 0 Å². The van der Waals surface area contributed by atoms with E-state index in [0.717, 1.165) is 46.9 Å². The first-order valence-corrected chi connectivity index (χ1v) is 11.9. The van der Waals surface area contributed by atoms with Gasteiger partial charge in [-0.1, -0.05) is 45.1 Å². The van der Waals surface area contributed by atoms with Gasteiger partial charge in [-0.2, -0.15) is 0 Å². The molecule has 0 heterocycles. The molecule has 0 bridgehead atoms. The third-order valence-electron chi connectivity index (χ3n) is 7.75. The molecule has 0 saturated heterocycles. The van der Waals surface area contributed by atoms with Crippen LogP contribution in [-0.2, 0) is 4.74 Å². The normalized spacial score (nSPS) is 26.4. The van der Waals surface area contributed by atoms with Gasteiger partial charge in [-0.25, -0.2) is 9.18 Å². The van der Waals surface area contributed by atoms with Gasteiger partial charge in [0.05, 0.1) is 12.7 Å². The first-order valence-electron chi connectivity index (χ1n) is 11.9. The summed E-state index contributed by atoms with van der Waals surface area (Å²) in [4.78, 5) is 11.8. The van der Waals surface area contributed by atoms with E-state index in [1.807, 2.05) is 12.1 Å². The van der Waals surface area contributed by atoms with Crippen LogP contribution in [-0.4, -0.2) is 13.1 Å². The molecule has 4 atom stereocenters. The van der Waals surface area contributed by atoms with Crippen molar-refractivity contribution in [3.8, 4) is 0 Å². The molecule has 2 aromatic carbocycles. The highest BCUT2D eigenvalue weighted by Gasteiger charge is 2.36. The molecule has 2 saturated carbocycles. The summed E-state index contributed by atoms with van der Waals surface area (Å²) in [5, 5.41) is 1.77. The number of halogens is 1. The summed E-state index contributed by atoms with van der Waals surface area (Å²) in [7, 11) is 1.37. The molecule has 2 aliphatic rings. The number of unbranched alkanes of at least 4 members (excludes halogenated alkanes) is 2. The summed E-state index contributed by atoms with van der Waals surface area (Å²) in [5.74, 6) is 2.37. The summed E-state index contributed by atoms with van der Waals surface area (Å²) in [6.45, 7) is 2.28. The van der Waals surface area contributed by atoms with Crippen molar-refractivity contribution in [1.82, 2.24) is 0 Å². The lowest BCUT2D eigenvalue weighted by Gasteiger charge is -2.42. The molecule has 2 fully saturated rings. The number of hydrogen-bond donors (Lipinski definition) is 0. The zero-order valence-corrected chi connectivity index (χ0v) is 18.5. The number of carbonyl (C=O) groups is 1. The molecule has 4 rings (SSSR count). The van der Waals surface area contributed by atoms with Crippen LogP contribution in [0.4, 0.5) is 4.39 Å². The Labute approximate surface area is 180 Å². The van der Waals surface area contributed by atoms with Crippen molar-refractivity contribution in [1.29, 1.82) is 0 Å². The Hall–Kier alpha value is -1.90. The Kier molecular flexibility index (Phi) is 6.75. The minimum absolute atomic E-state index is 0.124. The highest BCUT2D eigenvalue weighted by Crippen LogP contribution is 2.49. The Morgan fingerprint density at radius 2 is 1.80 bits per heavy atom. The molecule has 0 aromatic heterocycles. The minimum atomic E-state index is -0.384. The zero-order valence-electron chi connectivity index (χ0n) is 18.5. The summed E-state index contributed by atoms with van der Waals surface area (Å²) >= 11 is 0. The van der Waals surface area contributed by atoms with E-state index in [0.29, 0.717) is 11.5 Å². The second kappa shape index (κ2) is 9.49. The molecule has 0 amide bonds. The third kappa shape index (κ3) is 4.55. The number of benzene rings is 2. The number of methoxy groups -OCH3 is 1. The van der Waals surface area contributed by atoms with Crippen molar-refractivity contribution in [3.05, 3.63) is 47.3 Å². The Balaban J connectivity index is 1.45. The van der Waals surface area contributed by atoms with Gasteiger partial charge < -0.3 is 4.74 Å². The van der Waals surface area contributed by atoms with Gasteiger partial charge >= 0.3 is 5.97 Å². The predicted octanol–water partition coefficient (Wildman–Crippen LogP) is 7.65. The summed E-state index contributed by atoms with van der Waals surface area (Å²) < 4.78 is 19.8. The molecule has 2 aliphatic carbocycles. The van der Waals surface area contributed by atoms with Crippen molar-refractivity contribution in [3.63, 3.8) is 0 Å². The number of carbonyl (C=O) groups excluding carboxylic acids is 1. The first kappa shape index (κ1) is 21.3. The maximum Gasteiger partial charge on any atom is 0.337 e. The van der Waals surface area contributed by atoms with Crippen molar-refractivity contribution >= 4 is 16.7 Å². The minimum Gasteiger partial charge on any atom is -0.465 e. The van der Waals surface area contributed by atoms with Gasteiger partial charge in [0.25, 0.3) is 0 Å². The van der Waals surface area contributed by atoms with Crippen molar-refractivity contribution in [2.75, 3.05) is 7.11 Å². The SMILES string of the molecule is CCCCCC1CCC2CC(c3cc4ccc(C(=O)OC)cc4cc3F)CCC2C1. The topological polar surface area (TPSA) is 26.3 Å². The Morgan fingerprint density at radius 3 is 2.60 bits per heavy atom. The van der Waals surface area contributed by atoms with Crippen LogP contribution in [0.15, 0.2) is 30.3 Å². The van der Waals surface area contributed by atoms with E-state index in [1.165, 1.54) is 58.5 Å². The molecule has 4 unspecified atom stereocenters. The average molecular weight is 411 g/mol. The molecule has 0 spiro atoms. The monoisotopic (exact) mass is 410 g/mol. The summed E-state index contributed by atoms with van der Waals surface area (Å²) in [6.07, 6.45) is 13.1. The maximum atomic E-state index is 15.1. The molecule has 162 valence electrons. The van der Waals surface area contributed by atoms with Gasteiger partial charge in [-0.3, -0.25) is 0 Å². The van der Waals surface area contributed by atoms with Crippen LogP contribution < -0.4 is 0 Å². The van der Waals surface area contributed by atoms with Crippen LogP contribution in [0.1, 0.15) is 93.0 Å². The van der Waals surface area contributed by atoms with Gasteiger partial charge in [-0.05, 0) is 96.4 Å². The lowest BCUT2D eigenvalue weighted by atomic mass is 9.63. The quantitative estimate of drug-likeness (QED) is 0.361. The maximum absolute atomic E-state index is 15.1. The van der Waals surface area contributed by atoms with E-state index >= 15 is 4.39 Å². The number of fused-ring (bicyclic) bond motifs is 2. The molecule has 2 aromatic rings. The first-order chi connectivity index (χ1) is 14.6. The zero-order chi connectivity index (χ0) is 21.1. The molecule has 3 heteroatoms. The van der Waals surface area contributed by atoms with Gasteiger partial charge in [0.2, 0.25) is 0 Å². The van der Waals surface area contributed by atoms with E-state index in [2.05, 4.69) is 6.92 Å². The van der Waals surface area contributed by atoms with Gasteiger partial charge in [0.15, 0.2) is 0 Å². The second-order valence-corrected chi connectivity index (χ2v) is 9.63. The Morgan fingerprint density at radius 1 is 1.00 bits per heavy atom. The lowest BCUT2D eigenvalue weighted by Crippen LogP contribution is -2.30. The number of rotatable bonds is 6. The lowest BCUT2D eigenvalue weighted by molar-refractivity contribution is 0.0601. The predicted molar refractivity (Wildman–Crippen MR) is 120 cm³/mol. The Bertz CT molecular complexity index is 890. The van der Waals surface area contributed by atoms with E-state index in [9.17, 15) is 4.79 Å². The van der Waals surface area contributed by atoms with Crippen LogP contribution in [0.25, 0.3) is 10.8 Å². The molecule has 30 heavy (non-hydrogen) atoms. The van der Waals surface area contributed by atoms with Crippen LogP contribution >= 0.6 is 0 Å². The van der Waals surface area contributed by atoms with E-state index in [4.69, 9.17) is 4.74 Å². The molecule has 2 nitrogen and oxygen atoms in total. The average Bonchev–Trinajstić information content (AvgIpc) is 2.77. The van der Waals surface area contributed by atoms with Gasteiger partial charge in [0, 0.05) is 0 Å². The molecule has 0 N–H and O–H groups in total. The fraction of sp³-hybridized carbons (Fsp3) is 0.593. The number of ether oxygens (including phenoxy) is 1. The fourth-order valence-corrected chi connectivity index (χ4v) is 6.06. The van der Waals surface area contributed by atoms with E-state index in [-0.39, 0.29) is 11.8 Å². The smallest absolute Gasteiger partial charge is 0.337 e. The number of esters is 1. The van der Waals surface area contributed by atoms with Gasteiger partial charge in [0.1, 0.15) is 5.82 Å². The molecule has 0 radical (unpaired) electrons. The van der Waals surface area contributed by atoms with E-state index < -0.39 is 0 Å². The van der Waals surface area contributed by atoms with Crippen molar-refractivity contribution in [2.45, 2.75) is 77.0 Å². The largest absolute Gasteiger partial charge is 0.465 e.